The van der Waals surface area contributed by atoms with Crippen molar-refractivity contribution in [3.05, 3.63) is 17.7 Å². The number of hydrogen-bond acceptors (Lipinski definition) is 3. The van der Waals surface area contributed by atoms with Gasteiger partial charge in [0.25, 0.3) is 0 Å². The Labute approximate surface area is 113 Å². The highest BCUT2D eigenvalue weighted by atomic mass is 16.4. The van der Waals surface area contributed by atoms with Gasteiger partial charge in [0.15, 0.2) is 0 Å². The summed E-state index contributed by atoms with van der Waals surface area (Å²) >= 11 is 0. The number of aliphatic carboxylic acids is 1. The molecule has 1 atom stereocenters. The molecule has 1 heterocycles. The zero-order valence-electron chi connectivity index (χ0n) is 11.6. The second kappa shape index (κ2) is 5.74. The number of fused-ring (bicyclic) bond motifs is 1. The van der Waals surface area contributed by atoms with Gasteiger partial charge in [-0.05, 0) is 38.6 Å². The highest BCUT2D eigenvalue weighted by molar-refractivity contribution is 5.75. The lowest BCUT2D eigenvalue weighted by Crippen LogP contribution is -2.38. The van der Waals surface area contributed by atoms with Crippen LogP contribution < -0.4 is 5.73 Å². The third kappa shape index (κ3) is 2.66. The summed E-state index contributed by atoms with van der Waals surface area (Å²) in [6.45, 7) is 3.65. The minimum Gasteiger partial charge on any atom is -0.481 e. The van der Waals surface area contributed by atoms with Crippen LogP contribution in [0.5, 0.6) is 0 Å². The zero-order valence-corrected chi connectivity index (χ0v) is 11.6. The van der Waals surface area contributed by atoms with Gasteiger partial charge in [-0.15, -0.1) is 0 Å². The quantitative estimate of drug-likeness (QED) is 0.818. The van der Waals surface area contributed by atoms with Gasteiger partial charge in [0.1, 0.15) is 0 Å². The average Bonchev–Trinajstić information content (AvgIpc) is 2.79. The minimum absolute atomic E-state index is 0.548. The molecule has 0 amide bonds. The number of carboxylic acids is 1. The molecule has 0 radical (unpaired) electrons. The Balaban J connectivity index is 2.21. The molecule has 1 aliphatic rings. The number of hydrogen-bond donors (Lipinski definition) is 2. The summed E-state index contributed by atoms with van der Waals surface area (Å²) in [5.74, 6) is -0.698. The summed E-state index contributed by atoms with van der Waals surface area (Å²) in [4.78, 5) is 16.1. The number of carbonyl (C=O) groups is 1. The molecule has 0 aliphatic heterocycles. The summed E-state index contributed by atoms with van der Waals surface area (Å²) in [5.41, 5.74) is 7.07. The van der Waals surface area contributed by atoms with Gasteiger partial charge in [0.05, 0.1) is 17.4 Å². The van der Waals surface area contributed by atoms with Crippen LogP contribution in [0.2, 0.25) is 0 Å². The number of carboxylic acid groups (broad SMARTS) is 1. The topological polar surface area (TPSA) is 81.1 Å². The van der Waals surface area contributed by atoms with E-state index >= 15 is 0 Å². The van der Waals surface area contributed by atoms with Crippen LogP contribution in [-0.2, 0) is 24.2 Å². The third-order valence-electron chi connectivity index (χ3n) is 4.16. The van der Waals surface area contributed by atoms with Crippen molar-refractivity contribution >= 4 is 5.97 Å². The number of aromatic nitrogens is 2. The lowest BCUT2D eigenvalue weighted by Gasteiger charge is -2.33. The Morgan fingerprint density at radius 2 is 2.42 bits per heavy atom. The summed E-state index contributed by atoms with van der Waals surface area (Å²) < 4.78 is 2.17. The van der Waals surface area contributed by atoms with Crippen LogP contribution in [0.25, 0.3) is 0 Å². The van der Waals surface area contributed by atoms with Crippen molar-refractivity contribution in [1.82, 2.24) is 9.55 Å². The van der Waals surface area contributed by atoms with E-state index in [1.165, 1.54) is 5.69 Å². The molecule has 1 aromatic heterocycles. The molecular formula is C14H23N3O2. The molecule has 1 aliphatic carbocycles. The summed E-state index contributed by atoms with van der Waals surface area (Å²) in [6.07, 6.45) is 6.40. The number of imidazole rings is 1. The fourth-order valence-corrected chi connectivity index (χ4v) is 3.03. The standard InChI is InChI=1S/C14H23N3O2/c1-2-8-17-10-16-11-9-14(13(18)19,5-3-7-15)6-4-12(11)17/h10H,2-9,15H2,1H3,(H,18,19)/t14-/m1/s1. The maximum absolute atomic E-state index is 11.6. The molecule has 5 heteroatoms. The van der Waals surface area contributed by atoms with Crippen LogP contribution in [0.1, 0.15) is 44.0 Å². The van der Waals surface area contributed by atoms with Crippen molar-refractivity contribution in [3.63, 3.8) is 0 Å². The maximum atomic E-state index is 11.6. The van der Waals surface area contributed by atoms with Crippen molar-refractivity contribution in [2.45, 2.75) is 52.0 Å². The molecule has 0 spiro atoms. The molecule has 3 N–H and O–H groups in total. The summed E-state index contributed by atoms with van der Waals surface area (Å²) in [7, 11) is 0. The van der Waals surface area contributed by atoms with Crippen molar-refractivity contribution in [2.75, 3.05) is 6.54 Å². The molecule has 106 valence electrons. The predicted molar refractivity (Wildman–Crippen MR) is 72.9 cm³/mol. The minimum atomic E-state index is -0.698. The predicted octanol–water partition coefficient (Wildman–Crippen LogP) is 1.59. The fraction of sp³-hybridized carbons (Fsp3) is 0.714. The Bertz CT molecular complexity index is 456. The molecule has 2 rings (SSSR count). The van der Waals surface area contributed by atoms with Gasteiger partial charge in [-0.3, -0.25) is 4.79 Å². The first-order valence-electron chi connectivity index (χ1n) is 7.09. The van der Waals surface area contributed by atoms with Crippen LogP contribution in [0.4, 0.5) is 0 Å². The van der Waals surface area contributed by atoms with Crippen LogP contribution in [0.15, 0.2) is 6.33 Å². The van der Waals surface area contributed by atoms with E-state index < -0.39 is 11.4 Å². The van der Waals surface area contributed by atoms with Crippen molar-refractivity contribution in [2.24, 2.45) is 11.1 Å². The van der Waals surface area contributed by atoms with E-state index in [1.54, 1.807) is 0 Å². The van der Waals surface area contributed by atoms with Crippen molar-refractivity contribution in [3.8, 4) is 0 Å². The van der Waals surface area contributed by atoms with E-state index in [2.05, 4.69) is 16.5 Å². The second-order valence-corrected chi connectivity index (χ2v) is 5.49. The molecule has 0 aromatic carbocycles. The van der Waals surface area contributed by atoms with Gasteiger partial charge in [0.2, 0.25) is 0 Å². The largest absolute Gasteiger partial charge is 0.481 e. The average molecular weight is 265 g/mol. The monoisotopic (exact) mass is 265 g/mol. The fourth-order valence-electron chi connectivity index (χ4n) is 3.03. The van der Waals surface area contributed by atoms with E-state index in [1.807, 2.05) is 6.33 Å². The first kappa shape index (κ1) is 14.1. The van der Waals surface area contributed by atoms with Crippen LogP contribution in [0, 0.1) is 5.41 Å². The number of nitrogens with two attached hydrogens (primary N) is 1. The Hall–Kier alpha value is -1.36. The van der Waals surface area contributed by atoms with E-state index in [4.69, 9.17) is 5.73 Å². The smallest absolute Gasteiger partial charge is 0.310 e. The molecule has 0 fully saturated rings. The normalized spacial score (nSPS) is 22.2. The van der Waals surface area contributed by atoms with E-state index in [-0.39, 0.29) is 0 Å². The zero-order chi connectivity index (χ0) is 13.9. The number of nitrogens with zero attached hydrogens (tertiary/aromatic N) is 2. The van der Waals surface area contributed by atoms with Gasteiger partial charge in [-0.2, -0.15) is 0 Å². The first-order valence-corrected chi connectivity index (χ1v) is 7.09. The SMILES string of the molecule is CCCn1cnc2c1CC[C@@](CCCN)(C(=O)O)C2. The van der Waals surface area contributed by atoms with Crippen molar-refractivity contribution in [1.29, 1.82) is 0 Å². The number of aryl methyl sites for hydroxylation is 1. The summed E-state index contributed by atoms with van der Waals surface area (Å²) in [6, 6.07) is 0. The van der Waals surface area contributed by atoms with E-state index in [0.717, 1.165) is 31.5 Å². The number of rotatable bonds is 6. The van der Waals surface area contributed by atoms with Gasteiger partial charge in [0, 0.05) is 18.7 Å². The Morgan fingerprint density at radius 3 is 3.05 bits per heavy atom. The molecule has 5 nitrogen and oxygen atoms in total. The van der Waals surface area contributed by atoms with Gasteiger partial charge < -0.3 is 15.4 Å². The van der Waals surface area contributed by atoms with Crippen LogP contribution in [-0.4, -0.2) is 27.2 Å². The molecule has 1 aromatic rings. The Morgan fingerprint density at radius 1 is 1.63 bits per heavy atom. The maximum Gasteiger partial charge on any atom is 0.310 e. The van der Waals surface area contributed by atoms with Gasteiger partial charge >= 0.3 is 5.97 Å². The summed E-state index contributed by atoms with van der Waals surface area (Å²) in [5, 5.41) is 9.58. The third-order valence-corrected chi connectivity index (χ3v) is 4.16. The second-order valence-electron chi connectivity index (χ2n) is 5.49. The highest BCUT2D eigenvalue weighted by Crippen LogP contribution is 2.39. The highest BCUT2D eigenvalue weighted by Gasteiger charge is 2.42. The molecule has 0 saturated carbocycles. The molecule has 0 unspecified atom stereocenters. The van der Waals surface area contributed by atoms with Gasteiger partial charge in [-0.1, -0.05) is 6.92 Å². The lowest BCUT2D eigenvalue weighted by molar-refractivity contribution is -0.150. The van der Waals surface area contributed by atoms with Crippen LogP contribution >= 0.6 is 0 Å². The van der Waals surface area contributed by atoms with Gasteiger partial charge in [-0.25, -0.2) is 4.98 Å². The Kier molecular flexibility index (Phi) is 4.24. The first-order chi connectivity index (χ1) is 9.13. The molecule has 19 heavy (non-hydrogen) atoms. The molecular weight excluding hydrogens is 242 g/mol. The van der Waals surface area contributed by atoms with Crippen molar-refractivity contribution < 1.29 is 9.90 Å². The molecule has 0 saturated heterocycles. The van der Waals surface area contributed by atoms with Crippen LogP contribution in [0.3, 0.4) is 0 Å². The molecule has 0 bridgehead atoms. The lowest BCUT2D eigenvalue weighted by atomic mass is 9.71. The van der Waals surface area contributed by atoms with E-state index in [9.17, 15) is 9.90 Å². The van der Waals surface area contributed by atoms with E-state index in [0.29, 0.717) is 25.8 Å².